The molecule has 0 amide bonds. The van der Waals surface area contributed by atoms with E-state index < -0.39 is 0 Å². The fourth-order valence-corrected chi connectivity index (χ4v) is 2.08. The van der Waals surface area contributed by atoms with Crippen LogP contribution in [-0.2, 0) is 0 Å². The Kier molecular flexibility index (Phi) is 4.75. The minimum Gasteiger partial charge on any atom is -0.396 e. The average molecular weight is 236 g/mol. The standard InChI is InChI=1S/C13H24N4/c1-6-17(11(3)9-16(4)5)13-12(14)10(2)7-8-15-13/h7-8,11H,6,9,14H2,1-5H3. The van der Waals surface area contributed by atoms with Crippen LogP contribution in [0.15, 0.2) is 12.3 Å². The summed E-state index contributed by atoms with van der Waals surface area (Å²) in [4.78, 5) is 8.85. The Morgan fingerprint density at radius 2 is 2.06 bits per heavy atom. The van der Waals surface area contributed by atoms with Crippen LogP contribution in [0.1, 0.15) is 19.4 Å². The summed E-state index contributed by atoms with van der Waals surface area (Å²) in [5.41, 5.74) is 7.99. The number of aryl methyl sites for hydroxylation is 1. The first-order valence-electron chi connectivity index (χ1n) is 6.09. The van der Waals surface area contributed by atoms with Crippen LogP contribution in [0.4, 0.5) is 11.5 Å². The Hall–Kier alpha value is -1.29. The van der Waals surface area contributed by atoms with E-state index >= 15 is 0 Å². The zero-order valence-corrected chi connectivity index (χ0v) is 11.6. The molecule has 0 aliphatic carbocycles. The van der Waals surface area contributed by atoms with Gasteiger partial charge in [0.25, 0.3) is 0 Å². The minimum absolute atomic E-state index is 0.395. The molecule has 4 nitrogen and oxygen atoms in total. The van der Waals surface area contributed by atoms with Crippen LogP contribution in [0.2, 0.25) is 0 Å². The van der Waals surface area contributed by atoms with Crippen molar-refractivity contribution in [2.24, 2.45) is 0 Å². The van der Waals surface area contributed by atoms with Crippen molar-refractivity contribution in [1.29, 1.82) is 0 Å². The Morgan fingerprint density at radius 3 is 2.59 bits per heavy atom. The second-order valence-corrected chi connectivity index (χ2v) is 4.76. The van der Waals surface area contributed by atoms with Gasteiger partial charge in [-0.05, 0) is 46.5 Å². The largest absolute Gasteiger partial charge is 0.396 e. The van der Waals surface area contributed by atoms with Gasteiger partial charge in [-0.1, -0.05) is 0 Å². The molecule has 1 aromatic heterocycles. The number of anilines is 2. The third kappa shape index (κ3) is 3.33. The molecule has 0 spiro atoms. The van der Waals surface area contributed by atoms with Crippen LogP contribution in [0, 0.1) is 6.92 Å². The first-order chi connectivity index (χ1) is 7.97. The Labute approximate surface area is 104 Å². The highest BCUT2D eigenvalue weighted by atomic mass is 15.2. The quantitative estimate of drug-likeness (QED) is 0.846. The lowest BCUT2D eigenvalue weighted by atomic mass is 10.2. The Bertz CT molecular complexity index is 362. The fraction of sp³-hybridized carbons (Fsp3) is 0.615. The molecule has 1 rings (SSSR count). The number of hydrogen-bond acceptors (Lipinski definition) is 4. The lowest BCUT2D eigenvalue weighted by molar-refractivity contribution is 0.372. The second-order valence-electron chi connectivity index (χ2n) is 4.76. The van der Waals surface area contributed by atoms with Crippen LogP contribution < -0.4 is 10.6 Å². The predicted molar refractivity (Wildman–Crippen MR) is 74.4 cm³/mol. The third-order valence-electron chi connectivity index (χ3n) is 2.96. The maximum Gasteiger partial charge on any atom is 0.152 e. The first-order valence-corrected chi connectivity index (χ1v) is 6.09. The maximum absolute atomic E-state index is 6.11. The van der Waals surface area contributed by atoms with Gasteiger partial charge in [0, 0.05) is 25.3 Å². The van der Waals surface area contributed by atoms with Crippen molar-refractivity contribution < 1.29 is 0 Å². The zero-order valence-electron chi connectivity index (χ0n) is 11.6. The predicted octanol–water partition coefficient (Wildman–Crippen LogP) is 1.75. The van der Waals surface area contributed by atoms with E-state index in [1.165, 1.54) is 0 Å². The number of nitrogens with zero attached hydrogens (tertiary/aromatic N) is 3. The van der Waals surface area contributed by atoms with Gasteiger partial charge in [0.2, 0.25) is 0 Å². The average Bonchev–Trinajstić information content (AvgIpc) is 2.24. The summed E-state index contributed by atoms with van der Waals surface area (Å²) in [5, 5.41) is 0. The molecule has 1 unspecified atom stereocenters. The summed E-state index contributed by atoms with van der Waals surface area (Å²) in [5.74, 6) is 0.904. The van der Waals surface area contributed by atoms with E-state index in [1.807, 2.05) is 19.2 Å². The number of pyridine rings is 1. The first kappa shape index (κ1) is 13.8. The highest BCUT2D eigenvalue weighted by molar-refractivity contribution is 5.66. The summed E-state index contributed by atoms with van der Waals surface area (Å²) < 4.78 is 0. The molecule has 96 valence electrons. The molecule has 1 heterocycles. The monoisotopic (exact) mass is 236 g/mol. The van der Waals surface area contributed by atoms with Gasteiger partial charge in [-0.3, -0.25) is 0 Å². The van der Waals surface area contributed by atoms with Crippen LogP contribution in [0.5, 0.6) is 0 Å². The molecule has 1 atom stereocenters. The number of nitrogens with two attached hydrogens (primary N) is 1. The molecular weight excluding hydrogens is 212 g/mol. The zero-order chi connectivity index (χ0) is 13.0. The molecule has 0 aliphatic heterocycles. The van der Waals surface area contributed by atoms with Gasteiger partial charge in [0.05, 0.1) is 5.69 Å². The second kappa shape index (κ2) is 5.87. The number of aromatic nitrogens is 1. The van der Waals surface area contributed by atoms with Gasteiger partial charge in [0.1, 0.15) is 0 Å². The van der Waals surface area contributed by atoms with Crippen molar-refractivity contribution in [2.45, 2.75) is 26.8 Å². The van der Waals surface area contributed by atoms with Crippen molar-refractivity contribution in [2.75, 3.05) is 37.8 Å². The van der Waals surface area contributed by atoms with E-state index in [-0.39, 0.29) is 0 Å². The van der Waals surface area contributed by atoms with E-state index in [1.54, 1.807) is 0 Å². The van der Waals surface area contributed by atoms with Crippen molar-refractivity contribution in [3.05, 3.63) is 17.8 Å². The molecule has 0 saturated carbocycles. The van der Waals surface area contributed by atoms with E-state index in [9.17, 15) is 0 Å². The third-order valence-corrected chi connectivity index (χ3v) is 2.96. The molecule has 0 radical (unpaired) electrons. The molecule has 0 aromatic carbocycles. The van der Waals surface area contributed by atoms with Gasteiger partial charge in [-0.2, -0.15) is 0 Å². The summed E-state index contributed by atoms with van der Waals surface area (Å²) in [6, 6.07) is 2.34. The molecule has 0 aliphatic rings. The summed E-state index contributed by atoms with van der Waals surface area (Å²) in [6.07, 6.45) is 1.83. The van der Waals surface area contributed by atoms with Crippen molar-refractivity contribution in [3.63, 3.8) is 0 Å². The summed E-state index contributed by atoms with van der Waals surface area (Å²) >= 11 is 0. The molecule has 0 saturated heterocycles. The maximum atomic E-state index is 6.11. The van der Waals surface area contributed by atoms with Gasteiger partial charge in [-0.15, -0.1) is 0 Å². The van der Waals surface area contributed by atoms with E-state index in [0.29, 0.717) is 6.04 Å². The number of nitrogen functional groups attached to an aromatic ring is 1. The van der Waals surface area contributed by atoms with Crippen molar-refractivity contribution in [3.8, 4) is 0 Å². The number of hydrogen-bond donors (Lipinski definition) is 1. The number of rotatable bonds is 5. The summed E-state index contributed by atoms with van der Waals surface area (Å²) in [7, 11) is 4.16. The summed E-state index contributed by atoms with van der Waals surface area (Å²) in [6.45, 7) is 8.26. The van der Waals surface area contributed by atoms with Crippen LogP contribution in [-0.4, -0.2) is 43.1 Å². The van der Waals surface area contributed by atoms with Crippen LogP contribution >= 0.6 is 0 Å². The smallest absolute Gasteiger partial charge is 0.152 e. The molecule has 1 aromatic rings. The lowest BCUT2D eigenvalue weighted by Crippen LogP contribution is -2.41. The van der Waals surface area contributed by atoms with Crippen LogP contribution in [0.25, 0.3) is 0 Å². The molecule has 0 bridgehead atoms. The van der Waals surface area contributed by atoms with Gasteiger partial charge in [-0.25, -0.2) is 4.98 Å². The molecule has 17 heavy (non-hydrogen) atoms. The normalized spacial score (nSPS) is 12.8. The molecule has 2 N–H and O–H groups in total. The van der Waals surface area contributed by atoms with E-state index in [2.05, 4.69) is 42.7 Å². The SMILES string of the molecule is CCN(c1nccc(C)c1N)C(C)CN(C)C. The molecule has 0 fully saturated rings. The van der Waals surface area contributed by atoms with Gasteiger partial charge < -0.3 is 15.5 Å². The van der Waals surface area contributed by atoms with Crippen LogP contribution in [0.3, 0.4) is 0 Å². The lowest BCUT2D eigenvalue weighted by Gasteiger charge is -2.32. The molecular formula is C13H24N4. The van der Waals surface area contributed by atoms with Gasteiger partial charge >= 0.3 is 0 Å². The van der Waals surface area contributed by atoms with Gasteiger partial charge in [0.15, 0.2) is 5.82 Å². The minimum atomic E-state index is 0.395. The topological polar surface area (TPSA) is 45.4 Å². The molecule has 4 heteroatoms. The van der Waals surface area contributed by atoms with Crippen molar-refractivity contribution >= 4 is 11.5 Å². The number of likely N-dealkylation sites (N-methyl/N-ethyl adjacent to an activating group) is 2. The highest BCUT2D eigenvalue weighted by Crippen LogP contribution is 2.24. The van der Waals surface area contributed by atoms with E-state index in [4.69, 9.17) is 5.73 Å². The Morgan fingerprint density at radius 1 is 1.41 bits per heavy atom. The van der Waals surface area contributed by atoms with E-state index in [0.717, 1.165) is 30.2 Å². The highest BCUT2D eigenvalue weighted by Gasteiger charge is 2.17. The fourth-order valence-electron chi connectivity index (χ4n) is 2.08. The Balaban J connectivity index is 2.97. The van der Waals surface area contributed by atoms with Crippen molar-refractivity contribution in [1.82, 2.24) is 9.88 Å².